The minimum atomic E-state index is -4.05. The summed E-state index contributed by atoms with van der Waals surface area (Å²) in [7, 11) is -4.05. The number of fused-ring (bicyclic) bond motifs is 1. The van der Waals surface area contributed by atoms with Crippen LogP contribution in [-0.2, 0) is 14.8 Å². The molecule has 0 unspecified atom stereocenters. The Morgan fingerprint density at radius 2 is 1.81 bits per heavy atom. The molecule has 1 heterocycles. The number of nitrogens with zero attached hydrogens (tertiary/aromatic N) is 1. The van der Waals surface area contributed by atoms with Crippen molar-refractivity contribution in [3.8, 4) is 0 Å². The van der Waals surface area contributed by atoms with E-state index in [0.29, 0.717) is 11.8 Å². The molecule has 3 aromatic rings. The van der Waals surface area contributed by atoms with Crippen molar-refractivity contribution >= 4 is 32.5 Å². The van der Waals surface area contributed by atoms with E-state index in [0.717, 1.165) is 23.0 Å². The molecule has 3 rings (SSSR count). The van der Waals surface area contributed by atoms with E-state index in [4.69, 9.17) is 0 Å². The molecular weight excluding hydrogens is 376 g/mol. The predicted octanol–water partition coefficient (Wildman–Crippen LogP) is 2.82. The van der Waals surface area contributed by atoms with Crippen LogP contribution in [0.1, 0.15) is 6.42 Å². The molecule has 0 radical (unpaired) electrons. The Balaban J connectivity index is 1.57. The summed E-state index contributed by atoms with van der Waals surface area (Å²) in [5.41, 5.74) is 1.27. The molecule has 0 aliphatic carbocycles. The minimum Gasteiger partial charge on any atom is -0.325 e. The van der Waals surface area contributed by atoms with Crippen LogP contribution >= 0.6 is 0 Å². The van der Waals surface area contributed by atoms with Crippen molar-refractivity contribution in [1.29, 1.82) is 0 Å². The summed E-state index contributed by atoms with van der Waals surface area (Å²) in [6, 6.07) is 11.4. The fourth-order valence-corrected chi connectivity index (χ4v) is 3.43. The van der Waals surface area contributed by atoms with Gasteiger partial charge in [-0.15, -0.1) is 0 Å². The first-order valence-electron chi connectivity index (χ1n) is 7.94. The predicted molar refractivity (Wildman–Crippen MR) is 96.5 cm³/mol. The van der Waals surface area contributed by atoms with E-state index in [2.05, 4.69) is 15.0 Å². The smallest absolute Gasteiger partial charge is 0.240 e. The Morgan fingerprint density at radius 1 is 1.04 bits per heavy atom. The lowest BCUT2D eigenvalue weighted by Crippen LogP contribution is -2.28. The Labute approximate surface area is 154 Å². The van der Waals surface area contributed by atoms with Gasteiger partial charge in [0.15, 0.2) is 11.6 Å². The van der Waals surface area contributed by atoms with Crippen LogP contribution in [0.15, 0.2) is 59.6 Å². The van der Waals surface area contributed by atoms with Crippen molar-refractivity contribution in [3.63, 3.8) is 0 Å². The summed E-state index contributed by atoms with van der Waals surface area (Å²) < 4.78 is 52.3. The number of benzene rings is 2. The highest BCUT2D eigenvalue weighted by atomic mass is 32.2. The largest absolute Gasteiger partial charge is 0.325 e. The van der Waals surface area contributed by atoms with Crippen LogP contribution in [0.25, 0.3) is 10.9 Å². The summed E-state index contributed by atoms with van der Waals surface area (Å²) in [6.07, 6.45) is 1.36. The first-order valence-corrected chi connectivity index (χ1v) is 9.43. The molecular formula is C18H15F2N3O3S. The number of sulfonamides is 1. The summed E-state index contributed by atoms with van der Waals surface area (Å²) in [5.74, 6) is -2.82. The molecule has 9 heteroatoms. The van der Waals surface area contributed by atoms with E-state index < -0.39 is 32.5 Å². The second-order valence-corrected chi connectivity index (χ2v) is 7.46. The Hall–Kier alpha value is -2.91. The molecule has 0 bridgehead atoms. The molecule has 2 aromatic carbocycles. The number of nitrogens with one attached hydrogen (secondary N) is 2. The average molecular weight is 391 g/mol. The molecule has 0 atom stereocenters. The summed E-state index contributed by atoms with van der Waals surface area (Å²) in [6.45, 7) is -0.200. The van der Waals surface area contributed by atoms with Gasteiger partial charge < -0.3 is 5.32 Å². The van der Waals surface area contributed by atoms with E-state index in [1.165, 1.54) is 6.20 Å². The molecule has 1 aromatic heterocycles. The second-order valence-electron chi connectivity index (χ2n) is 5.69. The number of amides is 1. The highest BCUT2D eigenvalue weighted by molar-refractivity contribution is 7.89. The van der Waals surface area contributed by atoms with Gasteiger partial charge in [0.2, 0.25) is 15.9 Å². The van der Waals surface area contributed by atoms with Crippen LogP contribution in [0.5, 0.6) is 0 Å². The van der Waals surface area contributed by atoms with Crippen molar-refractivity contribution in [3.05, 3.63) is 66.4 Å². The van der Waals surface area contributed by atoms with Crippen molar-refractivity contribution < 1.29 is 22.0 Å². The zero-order valence-electron chi connectivity index (χ0n) is 13.9. The molecule has 0 saturated carbocycles. The second kappa shape index (κ2) is 7.77. The Kier molecular flexibility index (Phi) is 5.43. The van der Waals surface area contributed by atoms with E-state index in [1.807, 2.05) is 24.3 Å². The quantitative estimate of drug-likeness (QED) is 0.676. The van der Waals surface area contributed by atoms with Gasteiger partial charge in [-0.2, -0.15) is 0 Å². The van der Waals surface area contributed by atoms with E-state index in [-0.39, 0.29) is 13.0 Å². The number of rotatable bonds is 6. The number of carbonyl (C=O) groups excluding carboxylic acids is 1. The van der Waals surface area contributed by atoms with Gasteiger partial charge in [0.25, 0.3) is 0 Å². The molecule has 0 aliphatic rings. The number of aromatic nitrogens is 1. The van der Waals surface area contributed by atoms with Crippen LogP contribution in [0.2, 0.25) is 0 Å². The minimum absolute atomic E-state index is 0.143. The van der Waals surface area contributed by atoms with E-state index in [1.54, 1.807) is 6.07 Å². The normalized spacial score (nSPS) is 11.5. The van der Waals surface area contributed by atoms with Crippen molar-refractivity contribution in [2.75, 3.05) is 11.9 Å². The number of carbonyl (C=O) groups is 1. The monoisotopic (exact) mass is 391 g/mol. The number of pyridine rings is 1. The average Bonchev–Trinajstić information content (AvgIpc) is 2.63. The lowest BCUT2D eigenvalue weighted by molar-refractivity contribution is -0.116. The summed E-state index contributed by atoms with van der Waals surface area (Å²) in [4.78, 5) is 15.8. The highest BCUT2D eigenvalue weighted by Gasteiger charge is 2.16. The Morgan fingerprint density at radius 3 is 2.59 bits per heavy atom. The number of para-hydroxylation sites is 1. The van der Waals surface area contributed by atoms with Gasteiger partial charge in [0, 0.05) is 18.4 Å². The van der Waals surface area contributed by atoms with Gasteiger partial charge in [-0.1, -0.05) is 18.2 Å². The van der Waals surface area contributed by atoms with Crippen LogP contribution in [0.3, 0.4) is 0 Å². The molecule has 1 amide bonds. The number of halogens is 2. The molecule has 0 saturated heterocycles. The lowest BCUT2D eigenvalue weighted by atomic mass is 10.2. The van der Waals surface area contributed by atoms with Gasteiger partial charge >= 0.3 is 0 Å². The summed E-state index contributed by atoms with van der Waals surface area (Å²) >= 11 is 0. The van der Waals surface area contributed by atoms with E-state index >= 15 is 0 Å². The van der Waals surface area contributed by atoms with Gasteiger partial charge in [0.1, 0.15) is 0 Å². The fourth-order valence-electron chi connectivity index (χ4n) is 2.39. The standard InChI is InChI=1S/C18H15F2N3O3S/c19-15-6-5-14(10-16(15)20)27(25,26)22-8-7-18(24)23-13-9-12-3-1-2-4-17(12)21-11-13/h1-6,9-11,22H,7-8H2,(H,23,24). The molecule has 0 aliphatic heterocycles. The first-order chi connectivity index (χ1) is 12.8. The number of hydrogen-bond acceptors (Lipinski definition) is 4. The maximum Gasteiger partial charge on any atom is 0.240 e. The summed E-state index contributed by atoms with van der Waals surface area (Å²) in [5, 5.41) is 3.49. The van der Waals surface area contributed by atoms with Crippen LogP contribution in [-0.4, -0.2) is 25.9 Å². The van der Waals surface area contributed by atoms with Crippen LogP contribution < -0.4 is 10.0 Å². The lowest BCUT2D eigenvalue weighted by Gasteiger charge is -2.08. The van der Waals surface area contributed by atoms with E-state index in [9.17, 15) is 22.0 Å². The molecule has 2 N–H and O–H groups in total. The fraction of sp³-hybridized carbons (Fsp3) is 0.111. The maximum atomic E-state index is 13.2. The van der Waals surface area contributed by atoms with Gasteiger partial charge in [0.05, 0.1) is 22.3 Å². The topological polar surface area (TPSA) is 88.2 Å². The number of hydrogen-bond donors (Lipinski definition) is 2. The molecule has 0 spiro atoms. The van der Waals surface area contributed by atoms with Crippen LogP contribution in [0.4, 0.5) is 14.5 Å². The van der Waals surface area contributed by atoms with Crippen molar-refractivity contribution in [1.82, 2.24) is 9.71 Å². The van der Waals surface area contributed by atoms with Crippen molar-refractivity contribution in [2.24, 2.45) is 0 Å². The number of anilines is 1. The third-order valence-electron chi connectivity index (χ3n) is 3.72. The van der Waals surface area contributed by atoms with Gasteiger partial charge in [-0.3, -0.25) is 9.78 Å². The Bertz CT molecular complexity index is 1100. The first kappa shape index (κ1) is 18.9. The molecule has 140 valence electrons. The van der Waals surface area contributed by atoms with Crippen LogP contribution in [0, 0.1) is 11.6 Å². The third kappa shape index (κ3) is 4.63. The van der Waals surface area contributed by atoms with Gasteiger partial charge in [-0.25, -0.2) is 21.9 Å². The highest BCUT2D eigenvalue weighted by Crippen LogP contribution is 2.16. The molecule has 27 heavy (non-hydrogen) atoms. The zero-order valence-corrected chi connectivity index (χ0v) is 14.8. The molecule has 6 nitrogen and oxygen atoms in total. The maximum absolute atomic E-state index is 13.2. The SMILES string of the molecule is O=C(CCNS(=O)(=O)c1ccc(F)c(F)c1)Nc1cnc2ccccc2c1. The third-order valence-corrected chi connectivity index (χ3v) is 5.18. The molecule has 0 fully saturated rings. The van der Waals surface area contributed by atoms with Crippen molar-refractivity contribution in [2.45, 2.75) is 11.3 Å². The zero-order chi connectivity index (χ0) is 19.4. The van der Waals surface area contributed by atoms with Gasteiger partial charge in [-0.05, 0) is 30.3 Å².